The summed E-state index contributed by atoms with van der Waals surface area (Å²) >= 11 is 0. The summed E-state index contributed by atoms with van der Waals surface area (Å²) in [7, 11) is 0. The maximum atomic E-state index is 2.57. The largest absolute Gasteiger partial charge is 0.371 e. The molecule has 2 heteroatoms. The van der Waals surface area contributed by atoms with Crippen molar-refractivity contribution < 1.29 is 0 Å². The van der Waals surface area contributed by atoms with Crippen molar-refractivity contribution in [1.82, 2.24) is 4.90 Å². The molecule has 1 aromatic rings. The SMILES string of the molecule is CCN(CC)CCCN1CCCc2ccccc21. The first-order valence-electron chi connectivity index (χ1n) is 7.40. The molecule has 1 aromatic carbocycles. The van der Waals surface area contributed by atoms with Crippen LogP contribution in [0.15, 0.2) is 24.3 Å². The quantitative estimate of drug-likeness (QED) is 0.760. The third-order valence-corrected chi connectivity index (χ3v) is 4.00. The summed E-state index contributed by atoms with van der Waals surface area (Å²) in [4.78, 5) is 5.08. The first kappa shape index (κ1) is 13.4. The lowest BCUT2D eigenvalue weighted by Crippen LogP contribution is -2.33. The fourth-order valence-corrected chi connectivity index (χ4v) is 2.87. The highest BCUT2D eigenvalue weighted by Crippen LogP contribution is 2.26. The van der Waals surface area contributed by atoms with Crippen molar-refractivity contribution in [1.29, 1.82) is 0 Å². The minimum absolute atomic E-state index is 1.17. The highest BCUT2D eigenvalue weighted by atomic mass is 15.1. The van der Waals surface area contributed by atoms with Crippen LogP contribution in [0, 0.1) is 0 Å². The number of hydrogen-bond acceptors (Lipinski definition) is 2. The summed E-state index contributed by atoms with van der Waals surface area (Å²) in [6.07, 6.45) is 3.83. The van der Waals surface area contributed by atoms with Crippen LogP contribution >= 0.6 is 0 Å². The summed E-state index contributed by atoms with van der Waals surface area (Å²) < 4.78 is 0. The Bertz CT molecular complexity index is 358. The van der Waals surface area contributed by atoms with Crippen LogP contribution in [0.4, 0.5) is 5.69 Å². The third-order valence-electron chi connectivity index (χ3n) is 4.00. The summed E-state index contributed by atoms with van der Waals surface area (Å²) in [5, 5.41) is 0. The molecule has 0 aliphatic carbocycles. The van der Waals surface area contributed by atoms with E-state index in [-0.39, 0.29) is 0 Å². The van der Waals surface area contributed by atoms with Gasteiger partial charge in [-0.15, -0.1) is 0 Å². The van der Waals surface area contributed by atoms with E-state index in [1.54, 1.807) is 0 Å². The van der Waals surface area contributed by atoms with E-state index in [1.807, 2.05) is 0 Å². The Morgan fingerprint density at radius 2 is 1.94 bits per heavy atom. The molecule has 0 unspecified atom stereocenters. The monoisotopic (exact) mass is 246 g/mol. The Morgan fingerprint density at radius 3 is 2.72 bits per heavy atom. The second kappa shape index (κ2) is 6.79. The Kier molecular flexibility index (Phi) is 5.06. The zero-order valence-electron chi connectivity index (χ0n) is 11.9. The molecule has 0 N–H and O–H groups in total. The van der Waals surface area contributed by atoms with Crippen LogP contribution in [0.1, 0.15) is 32.3 Å². The molecule has 0 spiro atoms. The van der Waals surface area contributed by atoms with E-state index >= 15 is 0 Å². The number of para-hydroxylation sites is 1. The van der Waals surface area contributed by atoms with Crippen molar-refractivity contribution in [2.24, 2.45) is 0 Å². The average Bonchev–Trinajstić information content (AvgIpc) is 2.44. The molecule has 0 saturated heterocycles. The summed E-state index contributed by atoms with van der Waals surface area (Å²) in [5.74, 6) is 0. The van der Waals surface area contributed by atoms with Crippen LogP contribution in [0.3, 0.4) is 0 Å². The minimum Gasteiger partial charge on any atom is -0.371 e. The van der Waals surface area contributed by atoms with Gasteiger partial charge in [0.05, 0.1) is 0 Å². The van der Waals surface area contributed by atoms with Gasteiger partial charge in [-0.3, -0.25) is 0 Å². The van der Waals surface area contributed by atoms with E-state index in [0.717, 1.165) is 0 Å². The summed E-state index contributed by atoms with van der Waals surface area (Å²) in [6, 6.07) is 8.90. The van der Waals surface area contributed by atoms with Gasteiger partial charge in [0.25, 0.3) is 0 Å². The fourth-order valence-electron chi connectivity index (χ4n) is 2.87. The predicted octanol–water partition coefficient (Wildman–Crippen LogP) is 3.17. The van der Waals surface area contributed by atoms with Crippen molar-refractivity contribution in [3.63, 3.8) is 0 Å². The normalized spacial score (nSPS) is 14.9. The molecule has 1 aliphatic rings. The molecule has 2 nitrogen and oxygen atoms in total. The van der Waals surface area contributed by atoms with E-state index in [4.69, 9.17) is 0 Å². The van der Waals surface area contributed by atoms with Gasteiger partial charge >= 0.3 is 0 Å². The van der Waals surface area contributed by atoms with E-state index < -0.39 is 0 Å². The highest BCUT2D eigenvalue weighted by Gasteiger charge is 2.15. The van der Waals surface area contributed by atoms with Gasteiger partial charge in [-0.05, 0) is 50.5 Å². The summed E-state index contributed by atoms with van der Waals surface area (Å²) in [6.45, 7) is 10.5. The van der Waals surface area contributed by atoms with Crippen LogP contribution in [0.25, 0.3) is 0 Å². The molecule has 0 radical (unpaired) electrons. The molecule has 0 atom stereocenters. The number of aryl methyl sites for hydroxylation is 1. The molecular weight excluding hydrogens is 220 g/mol. The molecular formula is C16H26N2. The van der Waals surface area contributed by atoms with Crippen molar-refractivity contribution >= 4 is 5.69 Å². The standard InChI is InChI=1S/C16H26N2/c1-3-17(4-2)12-8-14-18-13-7-10-15-9-5-6-11-16(15)18/h5-6,9,11H,3-4,7-8,10,12-14H2,1-2H3. The maximum absolute atomic E-state index is 2.57. The molecule has 1 aliphatic heterocycles. The number of hydrogen-bond donors (Lipinski definition) is 0. The lowest BCUT2D eigenvalue weighted by atomic mass is 10.0. The van der Waals surface area contributed by atoms with Crippen LogP contribution in [0.2, 0.25) is 0 Å². The minimum atomic E-state index is 1.17. The van der Waals surface area contributed by atoms with Crippen molar-refractivity contribution in [2.75, 3.05) is 37.6 Å². The van der Waals surface area contributed by atoms with Crippen molar-refractivity contribution in [3.8, 4) is 0 Å². The second-order valence-electron chi connectivity index (χ2n) is 5.10. The highest BCUT2D eigenvalue weighted by molar-refractivity contribution is 5.55. The zero-order valence-corrected chi connectivity index (χ0v) is 11.9. The molecule has 2 rings (SSSR count). The first-order valence-corrected chi connectivity index (χ1v) is 7.40. The smallest absolute Gasteiger partial charge is 0.0398 e. The lowest BCUT2D eigenvalue weighted by molar-refractivity contribution is 0.300. The predicted molar refractivity (Wildman–Crippen MR) is 79.4 cm³/mol. The van der Waals surface area contributed by atoms with Crippen molar-refractivity contribution in [2.45, 2.75) is 33.1 Å². The van der Waals surface area contributed by atoms with Crippen molar-refractivity contribution in [3.05, 3.63) is 29.8 Å². The first-order chi connectivity index (χ1) is 8.85. The van der Waals surface area contributed by atoms with Crippen LogP contribution in [0.5, 0.6) is 0 Å². The molecule has 0 amide bonds. The van der Waals surface area contributed by atoms with E-state index in [0.29, 0.717) is 0 Å². The van der Waals surface area contributed by atoms with Gasteiger partial charge in [0.15, 0.2) is 0 Å². The zero-order chi connectivity index (χ0) is 12.8. The fraction of sp³-hybridized carbons (Fsp3) is 0.625. The van der Waals surface area contributed by atoms with E-state index in [9.17, 15) is 0 Å². The molecule has 0 bridgehead atoms. The Hall–Kier alpha value is -1.02. The second-order valence-corrected chi connectivity index (χ2v) is 5.10. The number of benzene rings is 1. The molecule has 18 heavy (non-hydrogen) atoms. The van der Waals surface area contributed by atoms with Crippen LogP contribution < -0.4 is 4.90 Å². The van der Waals surface area contributed by atoms with Gasteiger partial charge < -0.3 is 9.80 Å². The number of rotatable bonds is 6. The topological polar surface area (TPSA) is 6.48 Å². The maximum Gasteiger partial charge on any atom is 0.0398 e. The van der Waals surface area contributed by atoms with Gasteiger partial charge in [0.1, 0.15) is 0 Å². The van der Waals surface area contributed by atoms with Gasteiger partial charge in [-0.25, -0.2) is 0 Å². The van der Waals surface area contributed by atoms with E-state index in [2.05, 4.69) is 47.9 Å². The van der Waals surface area contributed by atoms with Crippen LogP contribution in [-0.2, 0) is 6.42 Å². The molecule has 0 fully saturated rings. The van der Waals surface area contributed by atoms with Gasteiger partial charge in [-0.1, -0.05) is 32.0 Å². The molecule has 0 saturated carbocycles. The van der Waals surface area contributed by atoms with Gasteiger partial charge in [0.2, 0.25) is 0 Å². The Balaban J connectivity index is 1.87. The van der Waals surface area contributed by atoms with E-state index in [1.165, 1.54) is 63.2 Å². The molecule has 0 aromatic heterocycles. The van der Waals surface area contributed by atoms with Crippen LogP contribution in [-0.4, -0.2) is 37.6 Å². The lowest BCUT2D eigenvalue weighted by Gasteiger charge is -2.32. The molecule has 1 heterocycles. The Labute approximate surface area is 112 Å². The Morgan fingerprint density at radius 1 is 1.17 bits per heavy atom. The number of nitrogens with zero attached hydrogens (tertiary/aromatic N) is 2. The average molecular weight is 246 g/mol. The molecule has 100 valence electrons. The van der Waals surface area contributed by atoms with Gasteiger partial charge in [-0.2, -0.15) is 0 Å². The number of fused-ring (bicyclic) bond motifs is 1. The summed E-state index contributed by atoms with van der Waals surface area (Å²) in [5.41, 5.74) is 3.01. The van der Waals surface area contributed by atoms with Gasteiger partial charge in [0, 0.05) is 18.8 Å². The number of anilines is 1. The third kappa shape index (κ3) is 3.26.